The van der Waals surface area contributed by atoms with E-state index in [4.69, 9.17) is 4.74 Å². The Bertz CT molecular complexity index is 1180. The molecule has 9 heteroatoms. The van der Waals surface area contributed by atoms with Crippen LogP contribution in [0.25, 0.3) is 10.1 Å². The molecular weight excluding hydrogens is 405 g/mol. The summed E-state index contributed by atoms with van der Waals surface area (Å²) in [5.41, 5.74) is 1.94. The van der Waals surface area contributed by atoms with Gasteiger partial charge in [-0.25, -0.2) is 9.37 Å². The molecule has 1 amide bonds. The van der Waals surface area contributed by atoms with E-state index in [9.17, 15) is 9.18 Å². The Morgan fingerprint density at radius 2 is 2.00 bits per heavy atom. The van der Waals surface area contributed by atoms with Crippen LogP contribution in [-0.2, 0) is 13.1 Å². The molecule has 0 atom stereocenters. The lowest BCUT2D eigenvalue weighted by atomic mass is 10.2. The average Bonchev–Trinajstić information content (AvgIpc) is 3.19. The first kappa shape index (κ1) is 19.7. The number of hydrogen-bond donors (Lipinski definition) is 2. The zero-order valence-electron chi connectivity index (χ0n) is 16.1. The molecule has 0 unspecified atom stereocenters. The van der Waals surface area contributed by atoms with Crippen LogP contribution in [0.1, 0.15) is 21.6 Å². The van der Waals surface area contributed by atoms with Crippen molar-refractivity contribution in [3.05, 3.63) is 77.8 Å². The van der Waals surface area contributed by atoms with Gasteiger partial charge in [0.25, 0.3) is 5.91 Å². The maximum Gasteiger partial charge on any atom is 0.270 e. The second-order valence-corrected chi connectivity index (χ2v) is 7.52. The van der Waals surface area contributed by atoms with E-state index < -0.39 is 0 Å². The number of rotatable bonds is 7. The van der Waals surface area contributed by atoms with Crippen molar-refractivity contribution in [2.24, 2.45) is 0 Å². The number of nitrogens with zero attached hydrogens (tertiary/aromatic N) is 3. The quantitative estimate of drug-likeness (QED) is 0.470. The van der Waals surface area contributed by atoms with Crippen molar-refractivity contribution >= 4 is 32.3 Å². The van der Waals surface area contributed by atoms with Crippen LogP contribution in [0.3, 0.4) is 0 Å². The van der Waals surface area contributed by atoms with Crippen LogP contribution in [0.2, 0.25) is 0 Å². The van der Waals surface area contributed by atoms with Crippen molar-refractivity contribution in [1.82, 2.24) is 20.3 Å². The highest BCUT2D eigenvalue weighted by molar-refractivity contribution is 7.22. The molecule has 0 aliphatic carbocycles. The van der Waals surface area contributed by atoms with E-state index in [0.29, 0.717) is 24.7 Å². The first-order chi connectivity index (χ1) is 14.6. The first-order valence-corrected chi connectivity index (χ1v) is 9.93. The van der Waals surface area contributed by atoms with E-state index in [0.717, 1.165) is 26.2 Å². The molecule has 30 heavy (non-hydrogen) atoms. The van der Waals surface area contributed by atoms with E-state index in [1.165, 1.54) is 23.6 Å². The molecule has 0 saturated heterocycles. The molecule has 4 aromatic rings. The van der Waals surface area contributed by atoms with E-state index in [2.05, 4.69) is 25.6 Å². The SMILES string of the molecule is COc1ccc(CNC(=O)c2nccc3sc(NCc4cncc(F)c4)cc23)cn1. The predicted octanol–water partition coefficient (Wildman–Crippen LogP) is 3.78. The van der Waals surface area contributed by atoms with Crippen molar-refractivity contribution in [3.63, 3.8) is 0 Å². The molecule has 0 radical (unpaired) electrons. The molecule has 152 valence electrons. The third kappa shape index (κ3) is 4.52. The fraction of sp³-hybridized carbons (Fsp3) is 0.143. The third-order valence-corrected chi connectivity index (χ3v) is 5.41. The minimum Gasteiger partial charge on any atom is -0.481 e. The molecule has 0 fully saturated rings. The van der Waals surface area contributed by atoms with Crippen LogP contribution in [-0.4, -0.2) is 28.0 Å². The summed E-state index contributed by atoms with van der Waals surface area (Å²) in [6, 6.07) is 8.75. The zero-order chi connectivity index (χ0) is 20.9. The maximum absolute atomic E-state index is 13.3. The standard InChI is InChI=1S/C21H18FN5O2S/c1-29-18-3-2-13(9-25-18)10-27-21(28)20-16-7-19(30-17(16)4-5-24-20)26-11-14-6-15(22)12-23-8-14/h2-9,12,26H,10-11H2,1H3,(H,27,28). The van der Waals surface area contributed by atoms with Gasteiger partial charge in [-0.15, -0.1) is 11.3 Å². The monoisotopic (exact) mass is 423 g/mol. The maximum atomic E-state index is 13.3. The fourth-order valence-electron chi connectivity index (χ4n) is 2.88. The number of fused-ring (bicyclic) bond motifs is 1. The number of hydrogen-bond acceptors (Lipinski definition) is 7. The summed E-state index contributed by atoms with van der Waals surface area (Å²) in [5, 5.41) is 7.73. The van der Waals surface area contributed by atoms with Crippen LogP contribution in [0, 0.1) is 5.82 Å². The molecule has 0 bridgehead atoms. The molecule has 7 nitrogen and oxygen atoms in total. The third-order valence-electron chi connectivity index (χ3n) is 4.35. The van der Waals surface area contributed by atoms with Gasteiger partial charge in [0.1, 0.15) is 11.5 Å². The molecule has 0 saturated carbocycles. The van der Waals surface area contributed by atoms with Gasteiger partial charge in [-0.05, 0) is 29.3 Å². The Morgan fingerprint density at radius 3 is 2.77 bits per heavy atom. The van der Waals surface area contributed by atoms with Crippen LogP contribution < -0.4 is 15.4 Å². The van der Waals surface area contributed by atoms with Gasteiger partial charge in [0.15, 0.2) is 0 Å². The second kappa shape index (κ2) is 8.83. The van der Waals surface area contributed by atoms with Gasteiger partial charge in [-0.2, -0.15) is 0 Å². The molecule has 4 aromatic heterocycles. The Kier molecular flexibility index (Phi) is 5.80. The van der Waals surface area contributed by atoms with Crippen molar-refractivity contribution < 1.29 is 13.9 Å². The Hall–Kier alpha value is -3.59. The van der Waals surface area contributed by atoms with Crippen LogP contribution >= 0.6 is 11.3 Å². The van der Waals surface area contributed by atoms with Gasteiger partial charge in [0.05, 0.1) is 18.3 Å². The Balaban J connectivity index is 1.46. The van der Waals surface area contributed by atoms with E-state index >= 15 is 0 Å². The number of aromatic nitrogens is 3. The lowest BCUT2D eigenvalue weighted by molar-refractivity contribution is 0.0948. The summed E-state index contributed by atoms with van der Waals surface area (Å²) >= 11 is 1.50. The van der Waals surface area contributed by atoms with Gasteiger partial charge in [-0.3, -0.25) is 14.8 Å². The second-order valence-electron chi connectivity index (χ2n) is 6.44. The number of anilines is 1. The highest BCUT2D eigenvalue weighted by Crippen LogP contribution is 2.31. The number of methoxy groups -OCH3 is 1. The van der Waals surface area contributed by atoms with Crippen molar-refractivity contribution in [1.29, 1.82) is 0 Å². The molecular formula is C21H18FN5O2S. The summed E-state index contributed by atoms with van der Waals surface area (Å²) < 4.78 is 19.2. The molecule has 0 aliphatic heterocycles. The number of carbonyl (C=O) groups excluding carboxylic acids is 1. The smallest absolute Gasteiger partial charge is 0.270 e. The summed E-state index contributed by atoms with van der Waals surface area (Å²) in [7, 11) is 1.55. The Morgan fingerprint density at radius 1 is 1.10 bits per heavy atom. The number of ether oxygens (including phenoxy) is 1. The summed E-state index contributed by atoms with van der Waals surface area (Å²) in [5.74, 6) is -0.125. The fourth-order valence-corrected chi connectivity index (χ4v) is 3.83. The van der Waals surface area contributed by atoms with Gasteiger partial charge in [-0.1, -0.05) is 6.07 Å². The van der Waals surface area contributed by atoms with Gasteiger partial charge < -0.3 is 15.4 Å². The number of pyridine rings is 3. The predicted molar refractivity (Wildman–Crippen MR) is 113 cm³/mol. The number of halogens is 1. The van der Waals surface area contributed by atoms with Crippen molar-refractivity contribution in [2.45, 2.75) is 13.1 Å². The van der Waals surface area contributed by atoms with Crippen LogP contribution in [0.4, 0.5) is 9.39 Å². The molecule has 4 rings (SSSR count). The molecule has 0 aliphatic rings. The van der Waals surface area contributed by atoms with Crippen molar-refractivity contribution in [2.75, 3.05) is 12.4 Å². The first-order valence-electron chi connectivity index (χ1n) is 9.11. The summed E-state index contributed by atoms with van der Waals surface area (Å²) in [6.07, 6.45) is 6.04. The van der Waals surface area contributed by atoms with Crippen LogP contribution in [0.15, 0.2) is 55.1 Å². The largest absolute Gasteiger partial charge is 0.481 e. The normalized spacial score (nSPS) is 10.7. The zero-order valence-corrected chi connectivity index (χ0v) is 16.9. The van der Waals surface area contributed by atoms with E-state index in [1.54, 1.807) is 31.8 Å². The number of nitrogens with one attached hydrogen (secondary N) is 2. The number of thiophene rings is 1. The molecule has 4 heterocycles. The summed E-state index contributed by atoms with van der Waals surface area (Å²) in [6.45, 7) is 0.757. The molecule has 0 aromatic carbocycles. The highest BCUT2D eigenvalue weighted by atomic mass is 32.1. The highest BCUT2D eigenvalue weighted by Gasteiger charge is 2.14. The molecule has 2 N–H and O–H groups in total. The van der Waals surface area contributed by atoms with E-state index in [1.807, 2.05) is 18.2 Å². The lowest BCUT2D eigenvalue weighted by Gasteiger charge is -2.06. The van der Waals surface area contributed by atoms with Crippen LogP contribution in [0.5, 0.6) is 5.88 Å². The van der Waals surface area contributed by atoms with Crippen molar-refractivity contribution in [3.8, 4) is 5.88 Å². The lowest BCUT2D eigenvalue weighted by Crippen LogP contribution is -2.24. The number of carbonyl (C=O) groups is 1. The van der Waals surface area contributed by atoms with E-state index in [-0.39, 0.29) is 11.7 Å². The topological polar surface area (TPSA) is 89.0 Å². The number of amides is 1. The van der Waals surface area contributed by atoms with Gasteiger partial charge >= 0.3 is 0 Å². The van der Waals surface area contributed by atoms with Gasteiger partial charge in [0.2, 0.25) is 5.88 Å². The Labute approximate surface area is 176 Å². The average molecular weight is 423 g/mol. The van der Waals surface area contributed by atoms with Gasteiger partial charge in [0, 0.05) is 47.8 Å². The minimum absolute atomic E-state index is 0.268. The summed E-state index contributed by atoms with van der Waals surface area (Å²) in [4.78, 5) is 24.9. The molecule has 0 spiro atoms. The minimum atomic E-state index is -0.374.